The molecule has 2 aromatic carbocycles. The van der Waals surface area contributed by atoms with Crippen LogP contribution in [0.2, 0.25) is 0 Å². The van der Waals surface area contributed by atoms with Gasteiger partial charge in [0.25, 0.3) is 5.91 Å². The van der Waals surface area contributed by atoms with Gasteiger partial charge in [0.1, 0.15) is 18.2 Å². The van der Waals surface area contributed by atoms with Gasteiger partial charge in [-0.2, -0.15) is 4.52 Å². The van der Waals surface area contributed by atoms with Crippen molar-refractivity contribution < 1.29 is 18.7 Å². The van der Waals surface area contributed by atoms with Crippen LogP contribution in [0, 0.1) is 5.82 Å². The van der Waals surface area contributed by atoms with Crippen LogP contribution in [0.4, 0.5) is 4.39 Å². The average molecular weight is 421 g/mol. The molecule has 0 saturated heterocycles. The molecule has 9 heteroatoms. The Bertz CT molecular complexity index is 1180. The fourth-order valence-electron chi connectivity index (χ4n) is 2.89. The van der Waals surface area contributed by atoms with E-state index in [2.05, 4.69) is 20.6 Å². The van der Waals surface area contributed by atoms with Crippen molar-refractivity contribution in [2.75, 3.05) is 13.2 Å². The van der Waals surface area contributed by atoms with Crippen LogP contribution in [0.3, 0.4) is 0 Å². The first-order chi connectivity index (χ1) is 15.1. The Morgan fingerprint density at radius 1 is 1.10 bits per heavy atom. The van der Waals surface area contributed by atoms with Gasteiger partial charge in [-0.1, -0.05) is 30.3 Å². The van der Waals surface area contributed by atoms with Gasteiger partial charge in [0.05, 0.1) is 6.54 Å². The average Bonchev–Trinajstić information content (AvgIpc) is 3.20. The molecule has 8 nitrogen and oxygen atoms in total. The molecule has 2 aromatic heterocycles. The third-order valence-electron chi connectivity index (χ3n) is 4.40. The first-order valence-corrected chi connectivity index (χ1v) is 9.71. The number of nitrogens with one attached hydrogen (secondary N) is 1. The summed E-state index contributed by atoms with van der Waals surface area (Å²) in [5.41, 5.74) is 1.06. The maximum atomic E-state index is 13.5. The summed E-state index contributed by atoms with van der Waals surface area (Å²) in [5.74, 6) is 0.737. The van der Waals surface area contributed by atoms with Gasteiger partial charge in [-0.15, -0.1) is 15.3 Å². The van der Waals surface area contributed by atoms with Gasteiger partial charge in [-0.05, 0) is 37.3 Å². The number of benzene rings is 2. The Kier molecular flexibility index (Phi) is 6.02. The van der Waals surface area contributed by atoms with Crippen LogP contribution < -0.4 is 14.8 Å². The summed E-state index contributed by atoms with van der Waals surface area (Å²) in [6, 6.07) is 18.5. The number of fused-ring (bicyclic) bond motifs is 1. The number of carbonyl (C=O) groups excluding carboxylic acids is 1. The van der Waals surface area contributed by atoms with E-state index in [-0.39, 0.29) is 24.9 Å². The molecule has 0 aliphatic heterocycles. The SMILES string of the molecule is CC(Oc1ccccc1)C(=O)NCCOc1ccc2nnc(-c3cccc(F)c3)n2n1. The lowest BCUT2D eigenvalue weighted by Gasteiger charge is -2.14. The standard InChI is InChI=1S/C22H20FN5O3/c1-15(31-18-8-3-2-4-9-18)22(29)24-12-13-30-20-11-10-19-25-26-21(28(19)27-20)16-6-5-7-17(23)14-16/h2-11,14-15H,12-13H2,1H3,(H,24,29). The van der Waals surface area contributed by atoms with Crippen molar-refractivity contribution in [3.8, 4) is 23.0 Å². The number of carbonyl (C=O) groups is 1. The lowest BCUT2D eigenvalue weighted by Crippen LogP contribution is -2.38. The normalized spacial score (nSPS) is 11.8. The van der Waals surface area contributed by atoms with Crippen LogP contribution in [0.1, 0.15) is 6.92 Å². The van der Waals surface area contributed by atoms with Gasteiger partial charge < -0.3 is 14.8 Å². The molecule has 1 atom stereocenters. The van der Waals surface area contributed by atoms with Gasteiger partial charge in [-0.3, -0.25) is 4.79 Å². The maximum absolute atomic E-state index is 13.5. The monoisotopic (exact) mass is 421 g/mol. The lowest BCUT2D eigenvalue weighted by atomic mass is 10.2. The van der Waals surface area contributed by atoms with Crippen molar-refractivity contribution in [2.45, 2.75) is 13.0 Å². The molecular formula is C22H20FN5O3. The van der Waals surface area contributed by atoms with Crippen molar-refractivity contribution in [3.63, 3.8) is 0 Å². The lowest BCUT2D eigenvalue weighted by molar-refractivity contribution is -0.127. The Morgan fingerprint density at radius 2 is 1.94 bits per heavy atom. The van der Waals surface area contributed by atoms with Crippen LogP contribution in [0.25, 0.3) is 17.0 Å². The number of para-hydroxylation sites is 1. The summed E-state index contributed by atoms with van der Waals surface area (Å²) in [7, 11) is 0. The summed E-state index contributed by atoms with van der Waals surface area (Å²) >= 11 is 0. The minimum atomic E-state index is -0.636. The van der Waals surface area contributed by atoms with E-state index in [0.29, 0.717) is 28.7 Å². The number of ether oxygens (including phenoxy) is 2. The number of rotatable bonds is 8. The minimum Gasteiger partial charge on any atom is -0.481 e. The predicted molar refractivity (Wildman–Crippen MR) is 111 cm³/mol. The van der Waals surface area contributed by atoms with Crippen LogP contribution in [0.15, 0.2) is 66.7 Å². The highest BCUT2D eigenvalue weighted by Gasteiger charge is 2.14. The second-order valence-corrected chi connectivity index (χ2v) is 6.69. The van der Waals surface area contributed by atoms with Gasteiger partial charge >= 0.3 is 0 Å². The summed E-state index contributed by atoms with van der Waals surface area (Å²) in [6.45, 7) is 2.17. The van der Waals surface area contributed by atoms with Crippen LogP contribution in [-0.2, 0) is 4.79 Å². The molecular weight excluding hydrogens is 401 g/mol. The van der Waals surface area contributed by atoms with E-state index < -0.39 is 6.10 Å². The van der Waals surface area contributed by atoms with Crippen LogP contribution in [-0.4, -0.2) is 45.0 Å². The van der Waals surface area contributed by atoms with Crippen LogP contribution in [0.5, 0.6) is 11.6 Å². The van der Waals surface area contributed by atoms with E-state index in [1.807, 2.05) is 18.2 Å². The van der Waals surface area contributed by atoms with Crippen molar-refractivity contribution in [3.05, 3.63) is 72.5 Å². The van der Waals surface area contributed by atoms with Crippen molar-refractivity contribution in [1.29, 1.82) is 0 Å². The highest BCUT2D eigenvalue weighted by atomic mass is 19.1. The quantitative estimate of drug-likeness (QED) is 0.440. The minimum absolute atomic E-state index is 0.208. The first-order valence-electron chi connectivity index (χ1n) is 9.71. The highest BCUT2D eigenvalue weighted by molar-refractivity contribution is 5.80. The largest absolute Gasteiger partial charge is 0.481 e. The van der Waals surface area contributed by atoms with E-state index in [0.717, 1.165) is 0 Å². The molecule has 31 heavy (non-hydrogen) atoms. The number of nitrogens with zero attached hydrogens (tertiary/aromatic N) is 4. The fourth-order valence-corrected chi connectivity index (χ4v) is 2.89. The number of hydrogen-bond donors (Lipinski definition) is 1. The summed E-state index contributed by atoms with van der Waals surface area (Å²) in [4.78, 5) is 12.2. The number of amides is 1. The number of hydrogen-bond acceptors (Lipinski definition) is 6. The molecule has 0 aliphatic carbocycles. The number of aromatic nitrogens is 4. The van der Waals surface area contributed by atoms with E-state index in [1.165, 1.54) is 16.6 Å². The molecule has 1 amide bonds. The molecule has 0 spiro atoms. The zero-order chi connectivity index (χ0) is 21.6. The molecule has 0 radical (unpaired) electrons. The van der Waals surface area contributed by atoms with E-state index >= 15 is 0 Å². The zero-order valence-corrected chi connectivity index (χ0v) is 16.7. The van der Waals surface area contributed by atoms with Gasteiger partial charge in [0.2, 0.25) is 5.88 Å². The molecule has 1 unspecified atom stereocenters. The Balaban J connectivity index is 1.33. The molecule has 0 bridgehead atoms. The Morgan fingerprint density at radius 3 is 2.74 bits per heavy atom. The number of halogens is 1. The molecule has 0 saturated carbocycles. The third-order valence-corrected chi connectivity index (χ3v) is 4.40. The summed E-state index contributed by atoms with van der Waals surface area (Å²) in [5, 5.41) is 15.2. The van der Waals surface area contributed by atoms with Gasteiger partial charge in [-0.25, -0.2) is 4.39 Å². The van der Waals surface area contributed by atoms with Crippen LogP contribution >= 0.6 is 0 Å². The zero-order valence-electron chi connectivity index (χ0n) is 16.7. The molecule has 1 N–H and O–H groups in total. The molecule has 0 aliphatic rings. The topological polar surface area (TPSA) is 90.6 Å². The van der Waals surface area contributed by atoms with Crippen molar-refractivity contribution in [1.82, 2.24) is 25.1 Å². The van der Waals surface area contributed by atoms with E-state index in [9.17, 15) is 9.18 Å². The summed E-state index contributed by atoms with van der Waals surface area (Å²) in [6.07, 6.45) is -0.636. The third kappa shape index (κ3) is 4.95. The van der Waals surface area contributed by atoms with Gasteiger partial charge in [0, 0.05) is 11.6 Å². The van der Waals surface area contributed by atoms with E-state index in [1.54, 1.807) is 43.3 Å². The smallest absolute Gasteiger partial charge is 0.260 e. The highest BCUT2D eigenvalue weighted by Crippen LogP contribution is 2.19. The summed E-state index contributed by atoms with van der Waals surface area (Å²) < 4.78 is 26.2. The fraction of sp³-hybridized carbons (Fsp3) is 0.182. The molecule has 158 valence electrons. The second-order valence-electron chi connectivity index (χ2n) is 6.69. The predicted octanol–water partition coefficient (Wildman–Crippen LogP) is 2.89. The Hall–Kier alpha value is -4.01. The molecule has 4 rings (SSSR count). The van der Waals surface area contributed by atoms with Crippen molar-refractivity contribution in [2.24, 2.45) is 0 Å². The second kappa shape index (κ2) is 9.21. The van der Waals surface area contributed by atoms with E-state index in [4.69, 9.17) is 9.47 Å². The first kappa shape index (κ1) is 20.3. The maximum Gasteiger partial charge on any atom is 0.260 e. The Labute approximate surface area is 177 Å². The molecule has 0 fully saturated rings. The van der Waals surface area contributed by atoms with Gasteiger partial charge in [0.15, 0.2) is 17.6 Å². The molecule has 4 aromatic rings. The van der Waals surface area contributed by atoms with Crippen molar-refractivity contribution >= 4 is 11.6 Å². The molecule has 2 heterocycles.